The predicted octanol–water partition coefficient (Wildman–Crippen LogP) is 5.03. The molecule has 0 bridgehead atoms. The number of aromatic nitrogens is 3. The largest absolute Gasteiger partial charge is 0.481 e. The van der Waals surface area contributed by atoms with E-state index in [2.05, 4.69) is 28.9 Å². The standard InChI is InChI=1S/C26H33N5O3/c1-2-3-4-5-6-21-28-24-23-25(30-24)31(13-14-34-26(23)29-21)19-11-12-20(27-16-19)18-9-7-17(8-10-18)15-22(32)33/h11-12,16-18H,2-10,13-15H2,1H3,(H,32,33). The normalized spacial score (nSPS) is 21.1. The zero-order valence-electron chi connectivity index (χ0n) is 19.9. The van der Waals surface area contributed by atoms with Crippen LogP contribution in [0, 0.1) is 5.92 Å². The fourth-order valence-electron chi connectivity index (χ4n) is 5.27. The Balaban J connectivity index is 1.25. The number of aliphatic imine (C=N–C) groups is 1. The Morgan fingerprint density at radius 2 is 2.00 bits per heavy atom. The van der Waals surface area contributed by atoms with E-state index >= 15 is 0 Å². The second-order valence-corrected chi connectivity index (χ2v) is 9.65. The average molecular weight is 464 g/mol. The summed E-state index contributed by atoms with van der Waals surface area (Å²) in [4.78, 5) is 32.0. The van der Waals surface area contributed by atoms with Gasteiger partial charge in [0.05, 0.1) is 18.4 Å². The summed E-state index contributed by atoms with van der Waals surface area (Å²) in [5, 5.41) is 9.03. The number of carbonyl (C=O) groups is 1. The average Bonchev–Trinajstić information content (AvgIpc) is 2.98. The monoisotopic (exact) mass is 463 g/mol. The minimum Gasteiger partial charge on any atom is -0.481 e. The predicted molar refractivity (Wildman–Crippen MR) is 130 cm³/mol. The molecule has 0 saturated heterocycles. The van der Waals surface area contributed by atoms with E-state index in [0.717, 1.165) is 72.9 Å². The fourth-order valence-corrected chi connectivity index (χ4v) is 5.27. The van der Waals surface area contributed by atoms with Crippen LogP contribution in [-0.4, -0.2) is 45.0 Å². The van der Waals surface area contributed by atoms with Crippen molar-refractivity contribution in [1.29, 1.82) is 0 Å². The van der Waals surface area contributed by atoms with E-state index in [0.29, 0.717) is 30.9 Å². The van der Waals surface area contributed by atoms with Crippen LogP contribution in [0.5, 0.6) is 5.88 Å². The first-order chi connectivity index (χ1) is 16.6. The van der Waals surface area contributed by atoms with Crippen molar-refractivity contribution in [2.75, 3.05) is 18.1 Å². The quantitative estimate of drug-likeness (QED) is 0.520. The molecule has 1 aliphatic carbocycles. The number of ether oxygens (including phenoxy) is 1. The molecule has 2 aliphatic heterocycles. The lowest BCUT2D eigenvalue weighted by atomic mass is 9.79. The molecule has 0 spiro atoms. The molecule has 5 rings (SSSR count). The van der Waals surface area contributed by atoms with Crippen molar-refractivity contribution < 1.29 is 14.6 Å². The van der Waals surface area contributed by atoms with E-state index in [9.17, 15) is 4.79 Å². The van der Waals surface area contributed by atoms with Crippen LogP contribution in [0.4, 0.5) is 11.5 Å². The molecule has 3 aliphatic rings. The van der Waals surface area contributed by atoms with Crippen LogP contribution in [0.25, 0.3) is 0 Å². The summed E-state index contributed by atoms with van der Waals surface area (Å²) in [6.07, 6.45) is 11.7. The van der Waals surface area contributed by atoms with Crippen LogP contribution < -0.4 is 9.64 Å². The van der Waals surface area contributed by atoms with E-state index in [1.54, 1.807) is 0 Å². The van der Waals surface area contributed by atoms with Crippen molar-refractivity contribution >= 4 is 23.3 Å². The van der Waals surface area contributed by atoms with Gasteiger partial charge in [0, 0.05) is 24.5 Å². The molecule has 0 aromatic carbocycles. The lowest BCUT2D eigenvalue weighted by Crippen LogP contribution is -2.36. The lowest BCUT2D eigenvalue weighted by Gasteiger charge is -2.29. The van der Waals surface area contributed by atoms with Crippen LogP contribution >= 0.6 is 0 Å². The van der Waals surface area contributed by atoms with E-state index in [1.807, 2.05) is 6.20 Å². The van der Waals surface area contributed by atoms with Crippen molar-refractivity contribution in [3.8, 4) is 5.88 Å². The minimum atomic E-state index is -0.690. The second kappa shape index (κ2) is 10.1. The molecule has 2 aromatic heterocycles. The first-order valence-corrected chi connectivity index (χ1v) is 12.7. The number of unbranched alkanes of at least 4 members (excludes halogenated alkanes) is 3. The molecule has 1 fully saturated rings. The molecule has 0 radical (unpaired) electrons. The van der Waals surface area contributed by atoms with Crippen LogP contribution in [-0.2, 0) is 11.2 Å². The van der Waals surface area contributed by atoms with Gasteiger partial charge in [0.2, 0.25) is 5.88 Å². The van der Waals surface area contributed by atoms with Crippen molar-refractivity contribution in [3.63, 3.8) is 0 Å². The molecule has 0 unspecified atom stereocenters. The van der Waals surface area contributed by atoms with Gasteiger partial charge in [-0.3, -0.25) is 9.78 Å². The third-order valence-corrected chi connectivity index (χ3v) is 7.21. The Labute approximate surface area is 200 Å². The summed E-state index contributed by atoms with van der Waals surface area (Å²) in [7, 11) is 0. The maximum Gasteiger partial charge on any atom is 0.303 e. The number of amidine groups is 1. The van der Waals surface area contributed by atoms with Crippen molar-refractivity contribution in [2.45, 2.75) is 77.0 Å². The zero-order valence-corrected chi connectivity index (χ0v) is 19.9. The maximum absolute atomic E-state index is 11.0. The lowest BCUT2D eigenvalue weighted by molar-refractivity contribution is -0.138. The molecule has 0 amide bonds. The second-order valence-electron chi connectivity index (χ2n) is 9.65. The smallest absolute Gasteiger partial charge is 0.303 e. The maximum atomic E-state index is 11.0. The fraction of sp³-hybridized carbons (Fsp3) is 0.577. The van der Waals surface area contributed by atoms with Gasteiger partial charge in [-0.2, -0.15) is 4.98 Å². The molecule has 0 atom stereocenters. The van der Waals surface area contributed by atoms with E-state index in [-0.39, 0.29) is 6.42 Å². The number of aliphatic carboxylic acids is 1. The van der Waals surface area contributed by atoms with Crippen LogP contribution in [0.1, 0.15) is 87.7 Å². The summed E-state index contributed by atoms with van der Waals surface area (Å²) in [5.74, 6) is 3.10. The molecule has 34 heavy (non-hydrogen) atoms. The highest BCUT2D eigenvalue weighted by molar-refractivity contribution is 6.20. The Morgan fingerprint density at radius 1 is 1.15 bits per heavy atom. The van der Waals surface area contributed by atoms with Gasteiger partial charge in [-0.05, 0) is 50.2 Å². The van der Waals surface area contributed by atoms with E-state index in [1.165, 1.54) is 19.3 Å². The highest BCUT2D eigenvalue weighted by Crippen LogP contribution is 2.40. The summed E-state index contributed by atoms with van der Waals surface area (Å²) >= 11 is 0. The Hall–Kier alpha value is -3.03. The van der Waals surface area contributed by atoms with Gasteiger partial charge >= 0.3 is 5.97 Å². The third-order valence-electron chi connectivity index (χ3n) is 7.21. The molecule has 8 nitrogen and oxygen atoms in total. The molecule has 1 N–H and O–H groups in total. The Morgan fingerprint density at radius 3 is 2.74 bits per heavy atom. The van der Waals surface area contributed by atoms with E-state index < -0.39 is 5.97 Å². The number of nitrogens with zero attached hydrogens (tertiary/aromatic N) is 5. The number of anilines is 1. The molecule has 2 aromatic rings. The van der Waals surface area contributed by atoms with Gasteiger partial charge in [-0.15, -0.1) is 0 Å². The third kappa shape index (κ3) is 4.76. The molecule has 180 valence electrons. The SMILES string of the molecule is CCCCCCc1nc2c3c(n1)OCCN(c1ccc(C4CCC(CC(=O)O)CC4)nc1)C3=N2. The Kier molecular flexibility index (Phi) is 6.74. The van der Waals surface area contributed by atoms with Crippen molar-refractivity contribution in [3.05, 3.63) is 35.4 Å². The number of carboxylic acids is 1. The molecular weight excluding hydrogens is 430 g/mol. The topological polar surface area (TPSA) is 101 Å². The number of carboxylic acid groups (broad SMARTS) is 1. The van der Waals surface area contributed by atoms with Gasteiger partial charge in [0.25, 0.3) is 0 Å². The minimum absolute atomic E-state index is 0.283. The highest BCUT2D eigenvalue weighted by atomic mass is 16.5. The number of hydrogen-bond acceptors (Lipinski definition) is 7. The van der Waals surface area contributed by atoms with Gasteiger partial charge in [0.15, 0.2) is 11.7 Å². The highest BCUT2D eigenvalue weighted by Gasteiger charge is 2.35. The van der Waals surface area contributed by atoms with Crippen LogP contribution in [0.15, 0.2) is 23.3 Å². The first-order valence-electron chi connectivity index (χ1n) is 12.7. The van der Waals surface area contributed by atoms with Crippen LogP contribution in [0.2, 0.25) is 0 Å². The summed E-state index contributed by atoms with van der Waals surface area (Å²) in [6, 6.07) is 4.22. The van der Waals surface area contributed by atoms with Gasteiger partial charge in [0.1, 0.15) is 18.0 Å². The zero-order chi connectivity index (χ0) is 23.5. The molecular formula is C26H33N5O3. The molecule has 1 saturated carbocycles. The molecule has 8 heteroatoms. The number of rotatable bonds is 9. The van der Waals surface area contributed by atoms with Crippen molar-refractivity contribution in [1.82, 2.24) is 15.0 Å². The molecule has 4 heterocycles. The number of aryl methyl sites for hydroxylation is 1. The van der Waals surface area contributed by atoms with Gasteiger partial charge < -0.3 is 14.7 Å². The Bertz CT molecular complexity index is 1060. The summed E-state index contributed by atoms with van der Waals surface area (Å²) < 4.78 is 6.00. The summed E-state index contributed by atoms with van der Waals surface area (Å²) in [5.41, 5.74) is 3.00. The number of hydrogen-bond donors (Lipinski definition) is 1. The van der Waals surface area contributed by atoms with Gasteiger partial charge in [-0.1, -0.05) is 26.2 Å². The first kappa shape index (κ1) is 22.7. The van der Waals surface area contributed by atoms with Crippen LogP contribution in [0.3, 0.4) is 0 Å². The van der Waals surface area contributed by atoms with Crippen molar-refractivity contribution in [2.24, 2.45) is 10.9 Å². The number of pyridine rings is 1. The summed E-state index contributed by atoms with van der Waals surface area (Å²) in [6.45, 7) is 3.43. The van der Waals surface area contributed by atoms with E-state index in [4.69, 9.17) is 24.8 Å². The van der Waals surface area contributed by atoms with Gasteiger partial charge in [-0.25, -0.2) is 9.98 Å².